The van der Waals surface area contributed by atoms with Gasteiger partial charge >= 0.3 is 5.97 Å². The van der Waals surface area contributed by atoms with Gasteiger partial charge in [0.15, 0.2) is 0 Å². The molecule has 0 bridgehead atoms. The van der Waals surface area contributed by atoms with Crippen LogP contribution in [0.25, 0.3) is 0 Å². The Morgan fingerprint density at radius 3 is 1.12 bits per heavy atom. The van der Waals surface area contributed by atoms with Crippen LogP contribution in [0.3, 0.4) is 0 Å². The molecule has 0 aromatic carbocycles. The number of nitrogens with one attached hydrogen (secondary N) is 1. The van der Waals surface area contributed by atoms with Gasteiger partial charge in [-0.15, -0.1) is 0 Å². The molecule has 6 heteroatoms. The first kappa shape index (κ1) is 67.1. The summed E-state index contributed by atoms with van der Waals surface area (Å²) in [7, 11) is 0. The Bertz CT molecular complexity index is 1120. The maximum absolute atomic E-state index is 12.5. The summed E-state index contributed by atoms with van der Waals surface area (Å²) in [6.07, 6.45) is 73.2. The van der Waals surface area contributed by atoms with E-state index in [0.717, 1.165) is 64.2 Å². The fourth-order valence-corrected chi connectivity index (χ4v) is 9.43. The van der Waals surface area contributed by atoms with Gasteiger partial charge in [-0.25, -0.2) is 0 Å². The van der Waals surface area contributed by atoms with Crippen molar-refractivity contribution >= 4 is 11.9 Å². The predicted octanol–water partition coefficient (Wildman–Crippen LogP) is 19.2. The van der Waals surface area contributed by atoms with E-state index in [9.17, 15) is 19.8 Å². The Labute approximate surface area is 430 Å². The molecular weight excluding hydrogens is 851 g/mol. The normalized spacial score (nSPS) is 12.8. The van der Waals surface area contributed by atoms with Crippen LogP contribution in [-0.4, -0.2) is 47.4 Å². The lowest BCUT2D eigenvalue weighted by molar-refractivity contribution is -0.143. The van der Waals surface area contributed by atoms with E-state index in [2.05, 4.69) is 43.5 Å². The number of carbonyl (C=O) groups excluding carboxylic acids is 2. The van der Waals surface area contributed by atoms with Gasteiger partial charge < -0.3 is 20.3 Å². The van der Waals surface area contributed by atoms with Crippen molar-refractivity contribution in [3.63, 3.8) is 0 Å². The first-order valence-corrected chi connectivity index (χ1v) is 30.8. The van der Waals surface area contributed by atoms with Crippen molar-refractivity contribution in [3.8, 4) is 0 Å². The number of rotatable bonds is 57. The highest BCUT2D eigenvalue weighted by molar-refractivity contribution is 5.76. The van der Waals surface area contributed by atoms with E-state index in [1.165, 1.54) is 238 Å². The third kappa shape index (κ3) is 55.2. The number of unbranched alkanes of at least 4 members (excludes halogenated alkanes) is 42. The van der Waals surface area contributed by atoms with Crippen LogP contribution in [-0.2, 0) is 14.3 Å². The molecule has 0 aromatic rings. The first-order chi connectivity index (χ1) is 34.0. The van der Waals surface area contributed by atoms with Crippen molar-refractivity contribution in [2.75, 3.05) is 13.2 Å². The van der Waals surface area contributed by atoms with E-state index >= 15 is 0 Å². The molecule has 3 N–H and O–H groups in total. The lowest BCUT2D eigenvalue weighted by Crippen LogP contribution is -2.45. The van der Waals surface area contributed by atoms with Crippen LogP contribution in [0.15, 0.2) is 36.5 Å². The maximum Gasteiger partial charge on any atom is 0.305 e. The Kier molecular flexibility index (Phi) is 57.0. The summed E-state index contributed by atoms with van der Waals surface area (Å²) < 4.78 is 5.47. The highest BCUT2D eigenvalue weighted by Gasteiger charge is 2.18. The zero-order chi connectivity index (χ0) is 50.0. The molecule has 0 saturated carbocycles. The van der Waals surface area contributed by atoms with Crippen molar-refractivity contribution in [3.05, 3.63) is 36.5 Å². The monoisotopic (exact) mass is 970 g/mol. The topological polar surface area (TPSA) is 95.9 Å². The van der Waals surface area contributed by atoms with Gasteiger partial charge in [-0.3, -0.25) is 9.59 Å². The number of aliphatic hydroxyl groups excluding tert-OH is 2. The predicted molar refractivity (Wildman–Crippen MR) is 301 cm³/mol. The molecule has 0 heterocycles. The third-order valence-corrected chi connectivity index (χ3v) is 14.2. The van der Waals surface area contributed by atoms with E-state index in [0.29, 0.717) is 19.4 Å². The summed E-state index contributed by atoms with van der Waals surface area (Å²) in [5.41, 5.74) is 0. The Morgan fingerprint density at radius 1 is 0.406 bits per heavy atom. The molecule has 0 aliphatic carbocycles. The summed E-state index contributed by atoms with van der Waals surface area (Å²) in [5.74, 6) is -0.116. The second kappa shape index (κ2) is 58.6. The second-order valence-corrected chi connectivity index (χ2v) is 21.0. The molecule has 406 valence electrons. The minimum absolute atomic E-state index is 0.0275. The molecule has 0 aliphatic rings. The minimum atomic E-state index is -0.862. The van der Waals surface area contributed by atoms with E-state index < -0.39 is 12.1 Å². The largest absolute Gasteiger partial charge is 0.466 e. The molecule has 0 spiro atoms. The molecule has 0 aliphatic heterocycles. The second-order valence-electron chi connectivity index (χ2n) is 21.0. The van der Waals surface area contributed by atoms with Gasteiger partial charge in [0, 0.05) is 12.8 Å². The lowest BCUT2D eigenvalue weighted by Gasteiger charge is -2.20. The average Bonchev–Trinajstić information content (AvgIpc) is 3.35. The molecule has 0 rings (SSSR count). The number of carbonyl (C=O) groups is 2. The van der Waals surface area contributed by atoms with Crippen LogP contribution in [0.2, 0.25) is 0 Å². The van der Waals surface area contributed by atoms with Gasteiger partial charge in [0.05, 0.1) is 25.4 Å². The molecule has 69 heavy (non-hydrogen) atoms. The van der Waals surface area contributed by atoms with E-state index in [4.69, 9.17) is 4.74 Å². The molecule has 0 radical (unpaired) electrons. The summed E-state index contributed by atoms with van der Waals surface area (Å²) in [6.45, 7) is 4.85. The minimum Gasteiger partial charge on any atom is -0.466 e. The van der Waals surface area contributed by atoms with Crippen LogP contribution in [0.4, 0.5) is 0 Å². The van der Waals surface area contributed by atoms with Gasteiger partial charge in [-0.05, 0) is 64.2 Å². The summed E-state index contributed by atoms with van der Waals surface area (Å²) in [6, 6.07) is -0.647. The van der Waals surface area contributed by atoms with Gasteiger partial charge in [-0.2, -0.15) is 0 Å². The number of esters is 1. The van der Waals surface area contributed by atoms with Crippen LogP contribution < -0.4 is 5.32 Å². The third-order valence-electron chi connectivity index (χ3n) is 14.2. The fraction of sp³-hybridized carbons (Fsp3) is 0.873. The lowest BCUT2D eigenvalue weighted by atomic mass is 10.0. The van der Waals surface area contributed by atoms with Crippen LogP contribution in [0.1, 0.15) is 328 Å². The number of amides is 1. The molecule has 2 unspecified atom stereocenters. The van der Waals surface area contributed by atoms with Crippen LogP contribution >= 0.6 is 0 Å². The molecule has 1 amide bonds. The Hall–Kier alpha value is -1.92. The van der Waals surface area contributed by atoms with Gasteiger partial charge in [0.1, 0.15) is 0 Å². The summed E-state index contributed by atoms with van der Waals surface area (Å²) in [5, 5.41) is 23.2. The first-order valence-electron chi connectivity index (χ1n) is 30.8. The van der Waals surface area contributed by atoms with Gasteiger partial charge in [-0.1, -0.05) is 288 Å². The SMILES string of the molecule is CCCCCC/C=C\C/C=C\CCCCCCCCCC(=O)OCCCCCCCCCCCCC(=O)NC(CO)C(O)/C=C/CCCCCCCCCCCCCCCCCCCCCCCC. The highest BCUT2D eigenvalue weighted by Crippen LogP contribution is 2.17. The van der Waals surface area contributed by atoms with Gasteiger partial charge in [0.2, 0.25) is 5.91 Å². The van der Waals surface area contributed by atoms with E-state index in [1.807, 2.05) is 6.08 Å². The number of allylic oxidation sites excluding steroid dienone is 5. The van der Waals surface area contributed by atoms with Crippen molar-refractivity contribution in [2.45, 2.75) is 341 Å². The fourth-order valence-electron chi connectivity index (χ4n) is 9.43. The Morgan fingerprint density at radius 2 is 0.725 bits per heavy atom. The summed E-state index contributed by atoms with van der Waals surface area (Å²) in [4.78, 5) is 24.6. The average molecular weight is 971 g/mol. The quantitative estimate of drug-likeness (QED) is 0.0321. The van der Waals surface area contributed by atoms with Gasteiger partial charge in [0.25, 0.3) is 0 Å². The molecule has 0 aromatic heterocycles. The number of hydrogen-bond acceptors (Lipinski definition) is 5. The zero-order valence-corrected chi connectivity index (χ0v) is 46.3. The van der Waals surface area contributed by atoms with Crippen molar-refractivity contribution < 1.29 is 24.5 Å². The molecule has 0 fully saturated rings. The number of aliphatic hydroxyl groups is 2. The van der Waals surface area contributed by atoms with Crippen LogP contribution in [0, 0.1) is 0 Å². The maximum atomic E-state index is 12.5. The van der Waals surface area contributed by atoms with E-state index in [1.54, 1.807) is 6.08 Å². The standard InChI is InChI=1S/C63H119NO5/c1-3-5-7-9-11-13-15-17-19-21-23-24-25-26-27-28-29-31-33-35-39-43-47-51-55-61(66)60(59-65)64-62(67)56-52-48-44-40-37-38-42-46-50-54-58-69-63(68)57-53-49-45-41-36-34-32-30-22-20-18-16-14-12-10-8-6-4-2/h14,16,20,22,51,55,60-61,65-66H,3-13,15,17-19,21,23-50,52-54,56-59H2,1-2H3,(H,64,67)/b16-14-,22-20-,55-51+. The Balaban J connectivity index is 3.50. The molecule has 2 atom stereocenters. The number of ether oxygens (including phenoxy) is 1. The number of hydrogen-bond donors (Lipinski definition) is 3. The van der Waals surface area contributed by atoms with Crippen molar-refractivity contribution in [1.29, 1.82) is 0 Å². The van der Waals surface area contributed by atoms with Crippen molar-refractivity contribution in [1.82, 2.24) is 5.32 Å². The molecular formula is C63H119NO5. The van der Waals surface area contributed by atoms with Crippen molar-refractivity contribution in [2.24, 2.45) is 0 Å². The molecule has 0 saturated heterocycles. The molecule has 6 nitrogen and oxygen atoms in total. The summed E-state index contributed by atoms with van der Waals surface area (Å²) >= 11 is 0. The smallest absolute Gasteiger partial charge is 0.305 e. The zero-order valence-electron chi connectivity index (χ0n) is 46.3. The van der Waals surface area contributed by atoms with Crippen LogP contribution in [0.5, 0.6) is 0 Å². The van der Waals surface area contributed by atoms with E-state index in [-0.39, 0.29) is 18.5 Å². The highest BCUT2D eigenvalue weighted by atomic mass is 16.5.